The van der Waals surface area contributed by atoms with Gasteiger partial charge in [0.1, 0.15) is 17.3 Å². The lowest BCUT2D eigenvalue weighted by Crippen LogP contribution is -2.46. The first kappa shape index (κ1) is 21.0. The van der Waals surface area contributed by atoms with Crippen molar-refractivity contribution in [1.82, 2.24) is 20.2 Å². The minimum Gasteiger partial charge on any atom is -0.410 e. The van der Waals surface area contributed by atoms with E-state index in [0.29, 0.717) is 6.42 Å². The number of alkyl halides is 3. The summed E-state index contributed by atoms with van der Waals surface area (Å²) in [5.41, 5.74) is 1.84. The number of H-pyrrole nitrogens is 1. The molecule has 2 aromatic carbocycles. The van der Waals surface area contributed by atoms with Gasteiger partial charge in [-0.3, -0.25) is 4.90 Å². The number of nitrogens with one attached hydrogen (secondary N) is 2. The Morgan fingerprint density at radius 1 is 1.16 bits per heavy atom. The Kier molecular flexibility index (Phi) is 5.73. The summed E-state index contributed by atoms with van der Waals surface area (Å²) in [6.07, 6.45) is -4.06. The Morgan fingerprint density at radius 3 is 2.58 bits per heavy atom. The Balaban J connectivity index is 1.36. The molecule has 3 aromatic rings. The van der Waals surface area contributed by atoms with Crippen molar-refractivity contribution in [1.29, 1.82) is 0 Å². The highest BCUT2D eigenvalue weighted by Crippen LogP contribution is 2.30. The van der Waals surface area contributed by atoms with Crippen molar-refractivity contribution < 1.29 is 27.4 Å². The molecule has 1 amide bonds. The number of ether oxygens (including phenoxy) is 2. The summed E-state index contributed by atoms with van der Waals surface area (Å²) < 4.78 is 45.7. The Bertz CT molecular complexity index is 1020. The smallest absolute Gasteiger partial charge is 0.410 e. The van der Waals surface area contributed by atoms with E-state index in [2.05, 4.69) is 24.9 Å². The van der Waals surface area contributed by atoms with Crippen LogP contribution in [0.3, 0.4) is 0 Å². The number of aromatic nitrogens is 2. The number of carbonyl (C=O) groups excluding carboxylic acids is 1. The molecule has 1 saturated heterocycles. The topological polar surface area (TPSA) is 79.5 Å². The van der Waals surface area contributed by atoms with E-state index in [1.54, 1.807) is 0 Å². The van der Waals surface area contributed by atoms with Crippen LogP contribution in [0.25, 0.3) is 11.0 Å². The van der Waals surface area contributed by atoms with E-state index in [9.17, 15) is 18.0 Å². The van der Waals surface area contributed by atoms with Gasteiger partial charge in [0.05, 0.1) is 17.1 Å². The van der Waals surface area contributed by atoms with Gasteiger partial charge in [-0.1, -0.05) is 12.1 Å². The highest BCUT2D eigenvalue weighted by molar-refractivity contribution is 5.75. The van der Waals surface area contributed by atoms with Crippen LogP contribution < -0.4 is 14.8 Å². The lowest BCUT2D eigenvalue weighted by atomic mass is 9.97. The highest BCUT2D eigenvalue weighted by Gasteiger charge is 2.32. The fourth-order valence-electron chi connectivity index (χ4n) is 3.68. The van der Waals surface area contributed by atoms with Crippen molar-refractivity contribution in [3.05, 3.63) is 54.4 Å². The number of amides is 1. The zero-order valence-electron chi connectivity index (χ0n) is 16.6. The predicted octanol–water partition coefficient (Wildman–Crippen LogP) is 4.39. The molecule has 2 atom stereocenters. The van der Waals surface area contributed by atoms with Gasteiger partial charge in [0.15, 0.2) is 0 Å². The van der Waals surface area contributed by atoms with Crippen LogP contribution in [0.15, 0.2) is 48.5 Å². The number of aromatic amines is 1. The predicted molar refractivity (Wildman–Crippen MR) is 107 cm³/mol. The molecule has 0 unspecified atom stereocenters. The SMILES string of the molecule is CN1CC[C@@H](NC(=O)Oc2ccc(OC(F)(F)F)cc2)C[C@@H]1c1nc2ccccc2[nH]1. The minimum absolute atomic E-state index is 0.00486. The number of benzene rings is 2. The van der Waals surface area contributed by atoms with Gasteiger partial charge in [0.25, 0.3) is 0 Å². The molecule has 7 nitrogen and oxygen atoms in total. The van der Waals surface area contributed by atoms with Gasteiger partial charge in [0, 0.05) is 12.6 Å². The quantitative estimate of drug-likeness (QED) is 0.637. The summed E-state index contributed by atoms with van der Waals surface area (Å²) in [7, 11) is 2.01. The molecular formula is C21H21F3N4O3. The number of halogens is 3. The fourth-order valence-corrected chi connectivity index (χ4v) is 3.68. The number of likely N-dealkylation sites (tertiary alicyclic amines) is 1. The standard InChI is InChI=1S/C21H21F3N4O3/c1-28-11-10-13(12-18(28)19-26-16-4-2-3-5-17(16)27-19)25-20(29)30-14-6-8-15(9-7-14)31-21(22,23)24/h2-9,13,18H,10-12H2,1H3,(H,25,29)(H,26,27)/t13-,18-/m1/s1. The van der Waals surface area contributed by atoms with Gasteiger partial charge in [-0.05, 0) is 56.3 Å². The number of imidazole rings is 1. The Hall–Kier alpha value is -3.27. The van der Waals surface area contributed by atoms with Crippen molar-refractivity contribution in [2.75, 3.05) is 13.6 Å². The van der Waals surface area contributed by atoms with Crippen molar-refractivity contribution >= 4 is 17.1 Å². The normalized spacial score (nSPS) is 19.9. The molecule has 0 spiro atoms. The average Bonchev–Trinajstić information content (AvgIpc) is 3.14. The number of hydrogen-bond acceptors (Lipinski definition) is 5. The van der Waals surface area contributed by atoms with Crippen molar-refractivity contribution in [3.63, 3.8) is 0 Å². The summed E-state index contributed by atoms with van der Waals surface area (Å²) in [5, 5.41) is 2.83. The van der Waals surface area contributed by atoms with Crippen LogP contribution in [-0.4, -0.2) is 47.0 Å². The Morgan fingerprint density at radius 2 is 1.87 bits per heavy atom. The van der Waals surface area contributed by atoms with Crippen LogP contribution in [0.1, 0.15) is 24.7 Å². The van der Waals surface area contributed by atoms with Gasteiger partial charge in [0.2, 0.25) is 0 Å². The number of para-hydroxylation sites is 2. The zero-order valence-corrected chi connectivity index (χ0v) is 16.6. The van der Waals surface area contributed by atoms with Gasteiger partial charge < -0.3 is 19.8 Å². The molecule has 1 aliphatic rings. The van der Waals surface area contributed by atoms with Crippen molar-refractivity contribution in [3.8, 4) is 11.5 Å². The molecule has 10 heteroatoms. The summed E-state index contributed by atoms with van der Waals surface area (Å²) in [6.45, 7) is 0.760. The largest absolute Gasteiger partial charge is 0.573 e. The van der Waals surface area contributed by atoms with E-state index < -0.39 is 12.5 Å². The first-order valence-electron chi connectivity index (χ1n) is 9.76. The molecule has 4 rings (SSSR count). The Labute approximate surface area is 176 Å². The summed E-state index contributed by atoms with van der Waals surface area (Å²) in [4.78, 5) is 22.5. The second-order valence-corrected chi connectivity index (χ2v) is 7.41. The molecule has 0 aliphatic carbocycles. The molecule has 0 saturated carbocycles. The van der Waals surface area contributed by atoms with Gasteiger partial charge in [-0.25, -0.2) is 9.78 Å². The molecule has 164 valence electrons. The number of fused-ring (bicyclic) bond motifs is 1. The number of piperidine rings is 1. The van der Waals surface area contributed by atoms with Crippen LogP contribution in [0.4, 0.5) is 18.0 Å². The summed E-state index contributed by atoms with van der Waals surface area (Å²) in [5.74, 6) is 0.571. The molecule has 0 radical (unpaired) electrons. The summed E-state index contributed by atoms with van der Waals surface area (Å²) in [6, 6.07) is 12.3. The first-order valence-corrected chi connectivity index (χ1v) is 9.76. The maximum absolute atomic E-state index is 12.3. The molecule has 2 N–H and O–H groups in total. The third-order valence-electron chi connectivity index (χ3n) is 5.18. The van der Waals surface area contributed by atoms with E-state index in [4.69, 9.17) is 4.74 Å². The van der Waals surface area contributed by atoms with Crippen LogP contribution in [0.5, 0.6) is 11.5 Å². The number of nitrogens with zero attached hydrogens (tertiary/aromatic N) is 2. The average molecular weight is 434 g/mol. The maximum atomic E-state index is 12.3. The molecule has 1 fully saturated rings. The first-order chi connectivity index (χ1) is 14.8. The van der Waals surface area contributed by atoms with E-state index in [1.807, 2.05) is 31.3 Å². The fraction of sp³-hybridized carbons (Fsp3) is 0.333. The van der Waals surface area contributed by atoms with Crippen LogP contribution in [0, 0.1) is 0 Å². The lowest BCUT2D eigenvalue weighted by Gasteiger charge is -2.36. The van der Waals surface area contributed by atoms with Gasteiger partial charge >= 0.3 is 12.5 Å². The van der Waals surface area contributed by atoms with E-state index in [1.165, 1.54) is 12.1 Å². The number of rotatable bonds is 4. The lowest BCUT2D eigenvalue weighted by molar-refractivity contribution is -0.274. The van der Waals surface area contributed by atoms with E-state index in [0.717, 1.165) is 42.0 Å². The second kappa shape index (κ2) is 8.46. The van der Waals surface area contributed by atoms with Gasteiger partial charge in [-0.2, -0.15) is 0 Å². The van der Waals surface area contributed by atoms with E-state index in [-0.39, 0.29) is 23.6 Å². The van der Waals surface area contributed by atoms with Crippen LogP contribution in [0.2, 0.25) is 0 Å². The monoisotopic (exact) mass is 434 g/mol. The maximum Gasteiger partial charge on any atom is 0.573 e. The molecule has 2 heterocycles. The third kappa shape index (κ3) is 5.26. The molecule has 1 aromatic heterocycles. The van der Waals surface area contributed by atoms with Gasteiger partial charge in [-0.15, -0.1) is 13.2 Å². The molecular weight excluding hydrogens is 413 g/mol. The van der Waals surface area contributed by atoms with Crippen LogP contribution >= 0.6 is 0 Å². The highest BCUT2D eigenvalue weighted by atomic mass is 19.4. The third-order valence-corrected chi connectivity index (χ3v) is 5.18. The molecule has 0 bridgehead atoms. The summed E-state index contributed by atoms with van der Waals surface area (Å²) >= 11 is 0. The second-order valence-electron chi connectivity index (χ2n) is 7.41. The minimum atomic E-state index is -4.77. The number of hydrogen-bond donors (Lipinski definition) is 2. The van der Waals surface area contributed by atoms with Crippen molar-refractivity contribution in [2.24, 2.45) is 0 Å². The van der Waals surface area contributed by atoms with Crippen LogP contribution in [-0.2, 0) is 0 Å². The molecule has 1 aliphatic heterocycles. The van der Waals surface area contributed by atoms with E-state index >= 15 is 0 Å². The number of carbonyl (C=O) groups is 1. The van der Waals surface area contributed by atoms with Crippen molar-refractivity contribution in [2.45, 2.75) is 31.3 Å². The zero-order chi connectivity index (χ0) is 22.0. The molecule has 31 heavy (non-hydrogen) atoms.